The highest BCUT2D eigenvalue weighted by molar-refractivity contribution is 14.1. The molecule has 4 atom stereocenters. The summed E-state index contributed by atoms with van der Waals surface area (Å²) in [5, 5.41) is 8.24. The van der Waals surface area contributed by atoms with Crippen molar-refractivity contribution in [2.24, 2.45) is 15.9 Å². The van der Waals surface area contributed by atoms with Crippen molar-refractivity contribution in [1.82, 2.24) is 20.4 Å². The van der Waals surface area contributed by atoms with Crippen LogP contribution in [0.1, 0.15) is 71.9 Å². The Morgan fingerprint density at radius 1 is 0.671 bits per heavy atom. The molecule has 0 saturated heterocycles. The molecule has 3 N–H and O–H groups in total. The highest BCUT2D eigenvalue weighted by Crippen LogP contribution is 2.42. The molecule has 4 aromatic rings. The third-order valence-electron chi connectivity index (χ3n) is 12.4. The van der Waals surface area contributed by atoms with Gasteiger partial charge in [0.25, 0.3) is 11.8 Å². The molecule has 18 heteroatoms. The van der Waals surface area contributed by atoms with Crippen molar-refractivity contribution in [3.63, 3.8) is 0 Å². The fourth-order valence-corrected chi connectivity index (χ4v) is 8.72. The number of hydrogen-bond donors (Lipinski definition) is 3. The lowest BCUT2D eigenvalue weighted by Crippen LogP contribution is -2.53. The molecule has 364 valence electrons. The number of nitrogens with one attached hydrogen (secondary N) is 3. The molecule has 0 aromatic heterocycles. The number of carbonyl (C=O) groups excluding carboxylic acids is 5. The average molecular weight is 1060 g/mol. The van der Waals surface area contributed by atoms with Gasteiger partial charge in [-0.05, 0) is 71.5 Å². The predicted molar refractivity (Wildman–Crippen MR) is 274 cm³/mol. The van der Waals surface area contributed by atoms with Crippen molar-refractivity contribution in [2.45, 2.75) is 64.2 Å². The van der Waals surface area contributed by atoms with E-state index in [0.717, 1.165) is 28.0 Å². The Labute approximate surface area is 419 Å². The van der Waals surface area contributed by atoms with E-state index in [2.05, 4.69) is 16.0 Å². The van der Waals surface area contributed by atoms with Crippen LogP contribution in [-0.2, 0) is 14.4 Å². The summed E-state index contributed by atoms with van der Waals surface area (Å²) in [4.78, 5) is 78.5. The summed E-state index contributed by atoms with van der Waals surface area (Å²) in [6.45, 7) is 5.75. The molecule has 4 aromatic carbocycles. The van der Waals surface area contributed by atoms with Crippen molar-refractivity contribution >= 4 is 92.8 Å². The van der Waals surface area contributed by atoms with Gasteiger partial charge in [0.2, 0.25) is 17.7 Å². The first kappa shape index (κ1) is 49.2. The highest BCUT2D eigenvalue weighted by Gasteiger charge is 2.35. The van der Waals surface area contributed by atoms with Crippen molar-refractivity contribution in [2.75, 3.05) is 44.3 Å². The van der Waals surface area contributed by atoms with Gasteiger partial charge in [-0.3, -0.25) is 34.0 Å². The third kappa shape index (κ3) is 10.7. The molecule has 0 radical (unpaired) electrons. The van der Waals surface area contributed by atoms with Crippen LogP contribution in [0.5, 0.6) is 28.7 Å². The number of aliphatic imine (C=N–C) groups is 2. The highest BCUT2D eigenvalue weighted by atomic mass is 127. The van der Waals surface area contributed by atoms with Gasteiger partial charge in [-0.25, -0.2) is 0 Å². The summed E-state index contributed by atoms with van der Waals surface area (Å²) < 4.78 is 29.1. The molecule has 0 spiro atoms. The number of halogens is 1. The molecule has 4 aliphatic rings. The number of amides is 5. The predicted octanol–water partition coefficient (Wildman–Crippen LogP) is 7.52. The van der Waals surface area contributed by atoms with Gasteiger partial charge in [0.1, 0.15) is 17.8 Å². The van der Waals surface area contributed by atoms with Gasteiger partial charge in [0.05, 0.1) is 73.6 Å². The van der Waals surface area contributed by atoms with Crippen molar-refractivity contribution in [3.8, 4) is 28.7 Å². The van der Waals surface area contributed by atoms with Crippen LogP contribution in [0, 0.1) is 5.92 Å². The van der Waals surface area contributed by atoms with Gasteiger partial charge in [-0.1, -0.05) is 60.7 Å². The molecule has 70 heavy (non-hydrogen) atoms. The lowest BCUT2D eigenvalue weighted by molar-refractivity contribution is -0.131. The Bertz CT molecular complexity index is 2810. The molecular weight excluding hydrogens is 1010 g/mol. The summed E-state index contributed by atoms with van der Waals surface area (Å²) in [6, 6.07) is 19.6. The van der Waals surface area contributed by atoms with Crippen LogP contribution in [-0.4, -0.2) is 115 Å². The molecule has 0 bridgehead atoms. The van der Waals surface area contributed by atoms with Crippen LogP contribution in [0.25, 0.3) is 11.1 Å². The number of benzene rings is 4. The fourth-order valence-electron chi connectivity index (χ4n) is 8.50. The Kier molecular flexibility index (Phi) is 15.2. The van der Waals surface area contributed by atoms with Crippen LogP contribution in [0.2, 0.25) is 0 Å². The summed E-state index contributed by atoms with van der Waals surface area (Å²) in [7, 11) is 4.66. The van der Waals surface area contributed by atoms with Gasteiger partial charge in [-0.15, -0.1) is 0 Å². The molecule has 8 rings (SSSR count). The van der Waals surface area contributed by atoms with Crippen LogP contribution >= 0.6 is 22.6 Å². The Hall–Kier alpha value is -7.22. The molecule has 0 saturated carbocycles. The standard InChI is InChI=1S/C52H54IN7O10/c1-29(2)48(58-47(61)24-53)50(63)56-30(3)49(62)57-35-12-8-31(9-13-35)33-18-36-25-54-41-22-45(43(67-5)20-39(41)51(64)59(36)27-33)69-16-7-17-70-46-23-42-40(21-44(46)68-6)52(65)60-28-34(19-37(60)26-55-42)32-10-14-38(66-4)15-11-32/h8-15,20-23,25-30,36-37,48H,7,16-19,24H2,1-6H3,(H,56,63)(H,57,62)(H,58,61)/t30-,36-,37-,48-/m0/s1. The number of nitrogens with zero attached hydrogens (tertiary/aromatic N) is 4. The number of ether oxygens (including phenoxy) is 5. The maximum atomic E-state index is 14.0. The zero-order chi connectivity index (χ0) is 49.6. The van der Waals surface area contributed by atoms with E-state index in [1.165, 1.54) is 14.2 Å². The minimum absolute atomic E-state index is 0.169. The van der Waals surface area contributed by atoms with E-state index in [1.807, 2.05) is 85.2 Å². The van der Waals surface area contributed by atoms with Crippen molar-refractivity contribution in [1.29, 1.82) is 0 Å². The van der Waals surface area contributed by atoms with E-state index in [0.29, 0.717) is 70.4 Å². The number of methoxy groups -OCH3 is 3. The molecule has 0 unspecified atom stereocenters. The maximum Gasteiger partial charge on any atom is 0.260 e. The zero-order valence-corrected chi connectivity index (χ0v) is 41.8. The lowest BCUT2D eigenvalue weighted by atomic mass is 10.0. The summed E-state index contributed by atoms with van der Waals surface area (Å²) >= 11 is 1.93. The topological polar surface area (TPSA) is 199 Å². The SMILES string of the molecule is COc1ccc(C2=CN3C(=O)c4cc(OC)c(OCCCOc5cc6c(cc5OC)C(=O)N5C=C(c7ccc(NC(=O)[C@H](C)NC(=O)[C@@H](NC(=O)CI)C(C)C)cc7)C[C@H]5C=N6)cc4N=C[C@@H]3C2)cc1. The molecule has 4 heterocycles. The Morgan fingerprint density at radius 3 is 1.63 bits per heavy atom. The zero-order valence-electron chi connectivity index (χ0n) is 39.6. The van der Waals surface area contributed by atoms with Gasteiger partial charge < -0.3 is 49.4 Å². The average Bonchev–Trinajstić information content (AvgIpc) is 3.95. The van der Waals surface area contributed by atoms with Gasteiger partial charge in [-0.2, -0.15) is 0 Å². The second-order valence-corrected chi connectivity index (χ2v) is 18.1. The number of fused-ring (bicyclic) bond motifs is 4. The number of anilines is 1. The quantitative estimate of drug-likeness (QED) is 0.0509. The van der Waals surface area contributed by atoms with E-state index in [4.69, 9.17) is 33.7 Å². The monoisotopic (exact) mass is 1060 g/mol. The van der Waals surface area contributed by atoms with Crippen molar-refractivity contribution < 1.29 is 47.7 Å². The van der Waals surface area contributed by atoms with Crippen LogP contribution < -0.4 is 39.6 Å². The minimum Gasteiger partial charge on any atom is -0.497 e. The van der Waals surface area contributed by atoms with Crippen LogP contribution in [0.4, 0.5) is 17.1 Å². The lowest BCUT2D eigenvalue weighted by Gasteiger charge is -2.23. The first-order valence-electron chi connectivity index (χ1n) is 22.8. The van der Waals surface area contributed by atoms with E-state index in [1.54, 1.807) is 72.7 Å². The fraction of sp³-hybridized carbons (Fsp3) is 0.327. The summed E-state index contributed by atoms with van der Waals surface area (Å²) in [5.74, 6) is 0.724. The van der Waals surface area contributed by atoms with E-state index in [9.17, 15) is 24.0 Å². The molecule has 17 nitrogen and oxygen atoms in total. The van der Waals surface area contributed by atoms with Crippen LogP contribution in [0.15, 0.2) is 95.2 Å². The van der Waals surface area contributed by atoms with Crippen molar-refractivity contribution in [3.05, 3.63) is 107 Å². The summed E-state index contributed by atoms with van der Waals surface area (Å²) in [5.41, 5.74) is 6.08. The largest absolute Gasteiger partial charge is 0.497 e. The normalized spacial score (nSPS) is 17.4. The smallest absolute Gasteiger partial charge is 0.260 e. The van der Waals surface area contributed by atoms with Gasteiger partial charge in [0.15, 0.2) is 23.0 Å². The van der Waals surface area contributed by atoms with Gasteiger partial charge in [0, 0.05) is 61.9 Å². The molecule has 4 aliphatic heterocycles. The molecule has 0 fully saturated rings. The summed E-state index contributed by atoms with van der Waals surface area (Å²) in [6.07, 6.45) is 8.89. The maximum absolute atomic E-state index is 14.0. The number of hydrogen-bond acceptors (Lipinski definition) is 12. The van der Waals surface area contributed by atoms with E-state index in [-0.39, 0.29) is 53.4 Å². The molecular formula is C52H54IN7O10. The first-order valence-corrected chi connectivity index (χ1v) is 24.4. The van der Waals surface area contributed by atoms with E-state index >= 15 is 0 Å². The molecule has 5 amide bonds. The second kappa shape index (κ2) is 21.6. The second-order valence-electron chi connectivity index (χ2n) is 17.4. The minimum atomic E-state index is -0.857. The number of alkyl halides is 1. The third-order valence-corrected chi connectivity index (χ3v) is 13.0. The Balaban J connectivity index is 0.851. The van der Waals surface area contributed by atoms with Crippen LogP contribution in [0.3, 0.4) is 0 Å². The molecule has 0 aliphatic carbocycles. The van der Waals surface area contributed by atoms with Gasteiger partial charge >= 0.3 is 0 Å². The Morgan fingerprint density at radius 2 is 1.17 bits per heavy atom. The van der Waals surface area contributed by atoms with E-state index < -0.39 is 23.9 Å². The number of carbonyl (C=O) groups is 5. The number of rotatable bonds is 18. The first-order chi connectivity index (χ1) is 33.8.